The molecule has 0 radical (unpaired) electrons. The molecule has 0 aliphatic carbocycles. The Hall–Kier alpha value is -6.13. The molecule has 0 saturated carbocycles. The fraction of sp³-hybridized carbons (Fsp3) is 0.606. The molecular weight excluding hydrogens is 1270 g/mol. The van der Waals surface area contributed by atoms with Crippen LogP contribution in [0.1, 0.15) is 309 Å². The first-order chi connectivity index (χ1) is 50.6. The van der Waals surface area contributed by atoms with Gasteiger partial charge in [0.2, 0.25) is 0 Å². The predicted octanol–water partition coefficient (Wildman–Crippen LogP) is 25.7. The van der Waals surface area contributed by atoms with Crippen molar-refractivity contribution in [2.45, 2.75) is 322 Å². The third-order valence-electron chi connectivity index (χ3n) is 17.0. The third kappa shape index (κ3) is 83.0. The van der Waals surface area contributed by atoms with Crippen molar-refractivity contribution >= 4 is 17.9 Å². The second-order valence-electron chi connectivity index (χ2n) is 27.9. The number of carboxylic acids is 1. The molecule has 2 unspecified atom stereocenters. The van der Waals surface area contributed by atoms with Gasteiger partial charge in [-0.1, -0.05) is 355 Å². The average molecular weight is 1420 g/mol. The van der Waals surface area contributed by atoms with E-state index < -0.39 is 24.3 Å². The molecule has 0 aromatic carbocycles. The summed E-state index contributed by atoms with van der Waals surface area (Å²) in [6.45, 7) is 4.51. The number of ether oxygens (including phenoxy) is 4. The summed E-state index contributed by atoms with van der Waals surface area (Å²) in [5.74, 6) is -2.30. The Kier molecular flexibility index (Phi) is 76.7. The van der Waals surface area contributed by atoms with Gasteiger partial charge >= 0.3 is 11.9 Å². The Labute approximate surface area is 633 Å². The van der Waals surface area contributed by atoms with E-state index in [0.29, 0.717) is 17.4 Å². The van der Waals surface area contributed by atoms with Gasteiger partial charge in [0, 0.05) is 12.8 Å². The Morgan fingerprint density at radius 2 is 0.524 bits per heavy atom. The van der Waals surface area contributed by atoms with E-state index in [1.807, 2.05) is 21.1 Å². The minimum absolute atomic E-state index is 0.139. The van der Waals surface area contributed by atoms with E-state index in [4.69, 9.17) is 18.9 Å². The number of hydrogen-bond donors (Lipinski definition) is 0. The first-order valence-electron chi connectivity index (χ1n) is 41.2. The molecule has 0 aromatic rings. The minimum Gasteiger partial charge on any atom is -0.545 e. The number of esters is 2. The largest absolute Gasteiger partial charge is 0.545 e. The van der Waals surface area contributed by atoms with Gasteiger partial charge in [-0.15, -0.1) is 0 Å². The summed E-state index contributed by atoms with van der Waals surface area (Å²) in [5.41, 5.74) is 0. The van der Waals surface area contributed by atoms with Crippen molar-refractivity contribution in [2.75, 3.05) is 47.5 Å². The lowest BCUT2D eigenvalue weighted by Crippen LogP contribution is -2.44. The summed E-state index contributed by atoms with van der Waals surface area (Å²) >= 11 is 0. The van der Waals surface area contributed by atoms with Crippen LogP contribution >= 0.6 is 0 Å². The van der Waals surface area contributed by atoms with Crippen LogP contribution in [0.2, 0.25) is 0 Å². The molecule has 580 valence electrons. The van der Waals surface area contributed by atoms with Crippen LogP contribution in [0.4, 0.5) is 0 Å². The highest BCUT2D eigenvalue weighted by Crippen LogP contribution is 2.17. The maximum atomic E-state index is 13.0. The van der Waals surface area contributed by atoms with E-state index in [-0.39, 0.29) is 38.6 Å². The number of likely N-dealkylation sites (N-methyl/N-ethyl adjacent to an activating group) is 1. The van der Waals surface area contributed by atoms with E-state index >= 15 is 0 Å². The quantitative estimate of drug-likeness (QED) is 0.0195. The van der Waals surface area contributed by atoms with Crippen molar-refractivity contribution < 1.29 is 42.9 Å². The first kappa shape index (κ1) is 96.9. The summed E-state index contributed by atoms with van der Waals surface area (Å²) in [7, 11) is 5.93. The minimum atomic E-state index is -1.63. The molecule has 0 aromatic heterocycles. The number of nitrogens with zero attached hydrogens (tertiary/aromatic N) is 1. The second kappa shape index (κ2) is 81.5. The van der Waals surface area contributed by atoms with E-state index in [1.54, 1.807) is 0 Å². The SMILES string of the molecule is CC/C=C\C/C=C\C/C=C\C/C=C\C/C=C\C/C=C\C/C=C\C/C=C\C/C=C\CCCCCCCCCCCCCC(=O)OC(COC(=O)CCCCCCCCCCCCCCCC/C=C\C/C=C\C/C=C\C/C=C\C/C=C\C/C=C\C/C=C\C/C=C\CC)COC(OCC[N+](C)(C)C)C(=O)[O-]. The fourth-order valence-corrected chi connectivity index (χ4v) is 10.8. The summed E-state index contributed by atoms with van der Waals surface area (Å²) in [6, 6.07) is 0. The normalized spacial score (nSPS) is 13.8. The van der Waals surface area contributed by atoms with E-state index in [9.17, 15) is 19.5 Å². The summed E-state index contributed by atoms with van der Waals surface area (Å²) in [4.78, 5) is 37.7. The van der Waals surface area contributed by atoms with Gasteiger partial charge in [-0.2, -0.15) is 0 Å². The lowest BCUT2D eigenvalue weighted by atomic mass is 10.0. The Bertz CT molecular complexity index is 2460. The van der Waals surface area contributed by atoms with Crippen LogP contribution in [0.3, 0.4) is 0 Å². The number of unbranched alkanes of at least 4 members (excludes halogenated alkanes) is 25. The summed E-state index contributed by atoms with van der Waals surface area (Å²) in [6.07, 6.45) is 124. The van der Waals surface area contributed by atoms with Crippen molar-refractivity contribution in [3.63, 3.8) is 0 Å². The van der Waals surface area contributed by atoms with Crippen LogP contribution in [0.15, 0.2) is 207 Å². The van der Waals surface area contributed by atoms with Crippen molar-refractivity contribution in [3.8, 4) is 0 Å². The Morgan fingerprint density at radius 3 is 0.777 bits per heavy atom. The van der Waals surface area contributed by atoms with Crippen molar-refractivity contribution in [3.05, 3.63) is 207 Å². The second-order valence-corrected chi connectivity index (χ2v) is 27.9. The maximum Gasteiger partial charge on any atom is 0.306 e. The zero-order chi connectivity index (χ0) is 74.6. The number of carbonyl (C=O) groups is 3. The number of allylic oxidation sites excluding steroid dienone is 34. The Balaban J connectivity index is 4.10. The van der Waals surface area contributed by atoms with E-state index in [2.05, 4.69) is 220 Å². The molecule has 9 heteroatoms. The van der Waals surface area contributed by atoms with E-state index in [1.165, 1.54) is 122 Å². The fourth-order valence-electron chi connectivity index (χ4n) is 10.8. The van der Waals surface area contributed by atoms with Crippen LogP contribution in [-0.4, -0.2) is 82.3 Å². The highest BCUT2D eigenvalue weighted by Gasteiger charge is 2.22. The third-order valence-corrected chi connectivity index (χ3v) is 17.0. The molecule has 0 amide bonds. The number of aliphatic carboxylic acids is 1. The zero-order valence-corrected chi connectivity index (χ0v) is 66.4. The highest BCUT2D eigenvalue weighted by atomic mass is 16.7. The van der Waals surface area contributed by atoms with Crippen LogP contribution in [-0.2, 0) is 33.3 Å². The van der Waals surface area contributed by atoms with Gasteiger partial charge in [0.15, 0.2) is 12.4 Å². The van der Waals surface area contributed by atoms with E-state index in [0.717, 1.165) is 154 Å². The predicted molar refractivity (Wildman–Crippen MR) is 444 cm³/mol. The topological polar surface area (TPSA) is 111 Å². The molecule has 0 bridgehead atoms. The maximum absolute atomic E-state index is 13.0. The van der Waals surface area contributed by atoms with Gasteiger partial charge in [0.05, 0.1) is 40.3 Å². The molecule has 0 fully saturated rings. The average Bonchev–Trinajstić information content (AvgIpc) is 0.985. The molecule has 103 heavy (non-hydrogen) atoms. The van der Waals surface area contributed by atoms with Gasteiger partial charge in [-0.05, 0) is 148 Å². The van der Waals surface area contributed by atoms with Gasteiger partial charge in [0.1, 0.15) is 13.2 Å². The van der Waals surface area contributed by atoms with Crippen LogP contribution in [0.5, 0.6) is 0 Å². The molecule has 0 aliphatic rings. The number of quaternary nitrogens is 1. The van der Waals surface area contributed by atoms with Crippen molar-refractivity contribution in [1.82, 2.24) is 0 Å². The van der Waals surface area contributed by atoms with Gasteiger partial charge in [0.25, 0.3) is 0 Å². The molecule has 0 heterocycles. The van der Waals surface area contributed by atoms with Gasteiger partial charge < -0.3 is 33.3 Å². The summed E-state index contributed by atoms with van der Waals surface area (Å²) in [5, 5.41) is 11.9. The van der Waals surface area contributed by atoms with Crippen molar-refractivity contribution in [1.29, 1.82) is 0 Å². The summed E-state index contributed by atoms with van der Waals surface area (Å²) < 4.78 is 22.9. The number of carboxylic acid groups (broad SMARTS) is 1. The lowest BCUT2D eigenvalue weighted by molar-refractivity contribution is -0.870. The monoisotopic (exact) mass is 1420 g/mol. The molecule has 0 spiro atoms. The van der Waals surface area contributed by atoms with Crippen LogP contribution in [0, 0.1) is 0 Å². The molecule has 2 atom stereocenters. The molecule has 0 aliphatic heterocycles. The zero-order valence-electron chi connectivity index (χ0n) is 66.4. The molecule has 0 rings (SSSR count). The number of hydrogen-bond acceptors (Lipinski definition) is 8. The highest BCUT2D eigenvalue weighted by molar-refractivity contribution is 5.70. The molecule has 0 N–H and O–H groups in total. The molecule has 0 saturated heterocycles. The van der Waals surface area contributed by atoms with Crippen LogP contribution in [0.25, 0.3) is 0 Å². The van der Waals surface area contributed by atoms with Gasteiger partial charge in [-0.3, -0.25) is 9.59 Å². The first-order valence-corrected chi connectivity index (χ1v) is 41.2. The van der Waals surface area contributed by atoms with Crippen LogP contribution < -0.4 is 5.11 Å². The number of rotatable bonds is 74. The van der Waals surface area contributed by atoms with Crippen molar-refractivity contribution in [2.24, 2.45) is 0 Å². The van der Waals surface area contributed by atoms with Gasteiger partial charge in [-0.25, -0.2) is 0 Å². The lowest BCUT2D eigenvalue weighted by Gasteiger charge is -2.26. The molecule has 9 nitrogen and oxygen atoms in total. The molecular formula is C94H151NO8. The smallest absolute Gasteiger partial charge is 0.306 e. The standard InChI is InChI=1S/C94H151NO8/c1-6-8-10-12-14-16-18-20-22-24-26-28-30-32-34-36-38-40-42-44-46-48-50-52-54-56-58-60-62-64-66-68-70-72-74-76-78-80-82-84-91(96)101-88-90(89-102-94(93(98)99)100-87-86-95(3,4)5)103-92(97)85-83-81-79-77-75-73-71-69-67-65-63-61-59-57-55-53-51-49-47-45-43-41-39-37-35-33-31-29-27-25-23-21-19-17-15-13-11-9-7-2/h8-11,14-17,20-23,26-29,32-35,38-41,44-47,50-53,57,59,90,94H,6-7,12-13,18-19,24-25,30-31,36-37,42-43,48-49,54-56,58,60-89H2,1-5H3/b10-8-,11-9-,16-14-,17-15-,22-20-,23-21-,28-26-,29-27-,34-32-,35-33-,40-38-,41-39-,46-44-,47-45-,52-50-,53-51-,59-57-. The number of carbonyl (C=O) groups excluding carboxylic acids is 3. The Morgan fingerprint density at radius 1 is 0.291 bits per heavy atom.